The van der Waals surface area contributed by atoms with Gasteiger partial charge in [-0.3, -0.25) is 4.79 Å². The van der Waals surface area contributed by atoms with Crippen LogP contribution in [0.1, 0.15) is 36.2 Å². The van der Waals surface area contributed by atoms with Gasteiger partial charge in [0.1, 0.15) is 11.5 Å². The highest BCUT2D eigenvalue weighted by Crippen LogP contribution is 2.29. The maximum absolute atomic E-state index is 12.1. The topological polar surface area (TPSA) is 67.8 Å². The molecule has 112 valence electrons. The molecule has 1 aromatic carbocycles. The van der Waals surface area contributed by atoms with E-state index in [2.05, 4.69) is 5.32 Å². The van der Waals surface area contributed by atoms with Crippen molar-refractivity contribution in [2.24, 2.45) is 0 Å². The van der Waals surface area contributed by atoms with Crippen molar-refractivity contribution in [2.75, 3.05) is 20.8 Å². The molecule has 0 bridgehead atoms. The lowest BCUT2D eigenvalue weighted by molar-refractivity contribution is 0.0518. The zero-order valence-corrected chi connectivity index (χ0v) is 12.7. The molecule has 20 heavy (non-hydrogen) atoms. The summed E-state index contributed by atoms with van der Waals surface area (Å²) in [6.45, 7) is 5.61. The monoisotopic (exact) mass is 281 g/mol. The summed E-state index contributed by atoms with van der Waals surface area (Å²) >= 11 is 0. The Hall–Kier alpha value is -1.75. The molecule has 0 radical (unpaired) electrons. The van der Waals surface area contributed by atoms with Crippen molar-refractivity contribution in [1.29, 1.82) is 0 Å². The Morgan fingerprint density at radius 1 is 1.30 bits per heavy atom. The molecule has 0 saturated carbocycles. The smallest absolute Gasteiger partial charge is 0.251 e. The van der Waals surface area contributed by atoms with Crippen LogP contribution in [0.2, 0.25) is 0 Å². The third-order valence-corrected chi connectivity index (χ3v) is 3.41. The third-order valence-electron chi connectivity index (χ3n) is 3.41. The lowest BCUT2D eigenvalue weighted by Gasteiger charge is -2.21. The van der Waals surface area contributed by atoms with Gasteiger partial charge in [-0.25, -0.2) is 0 Å². The van der Waals surface area contributed by atoms with Gasteiger partial charge in [-0.2, -0.15) is 0 Å². The van der Waals surface area contributed by atoms with E-state index in [1.54, 1.807) is 33.3 Å². The van der Waals surface area contributed by atoms with E-state index in [-0.39, 0.29) is 12.5 Å². The summed E-state index contributed by atoms with van der Waals surface area (Å²) in [5.74, 6) is 0.920. The average molecular weight is 281 g/mol. The predicted octanol–water partition coefficient (Wildman–Crippen LogP) is 1.90. The van der Waals surface area contributed by atoms with E-state index in [4.69, 9.17) is 9.47 Å². The Kier molecular flexibility index (Phi) is 5.39. The van der Waals surface area contributed by atoms with Gasteiger partial charge in [0.05, 0.1) is 19.8 Å². The van der Waals surface area contributed by atoms with Crippen molar-refractivity contribution in [3.05, 3.63) is 23.3 Å². The van der Waals surface area contributed by atoms with Crippen LogP contribution in [-0.2, 0) is 0 Å². The summed E-state index contributed by atoms with van der Waals surface area (Å²) in [4.78, 5) is 12.1. The van der Waals surface area contributed by atoms with Crippen LogP contribution in [-0.4, -0.2) is 37.4 Å². The number of ether oxygens (including phenoxy) is 2. The standard InChI is InChI=1S/C15H23NO4/c1-6-15(3,18)9-16-14(17)11-7-12(19-4)10(2)13(8-11)20-5/h7-8,18H,6,9H2,1-5H3,(H,16,17). The second-order valence-electron chi connectivity index (χ2n) is 5.04. The minimum atomic E-state index is -0.908. The van der Waals surface area contributed by atoms with Crippen LogP contribution in [0, 0.1) is 6.92 Å². The molecule has 1 unspecified atom stereocenters. The number of hydrogen-bond donors (Lipinski definition) is 2. The van der Waals surface area contributed by atoms with Gasteiger partial charge < -0.3 is 19.9 Å². The largest absolute Gasteiger partial charge is 0.496 e. The molecule has 1 rings (SSSR count). The normalized spacial score (nSPS) is 13.5. The van der Waals surface area contributed by atoms with Gasteiger partial charge in [-0.05, 0) is 32.4 Å². The lowest BCUT2D eigenvalue weighted by Crippen LogP contribution is -2.40. The molecular weight excluding hydrogens is 258 g/mol. The van der Waals surface area contributed by atoms with E-state index in [1.807, 2.05) is 13.8 Å². The maximum Gasteiger partial charge on any atom is 0.251 e. The number of hydrogen-bond acceptors (Lipinski definition) is 4. The molecule has 0 aliphatic carbocycles. The highest BCUT2D eigenvalue weighted by Gasteiger charge is 2.20. The summed E-state index contributed by atoms with van der Waals surface area (Å²) in [7, 11) is 3.09. The lowest BCUT2D eigenvalue weighted by atomic mass is 10.0. The molecule has 0 spiro atoms. The molecule has 0 heterocycles. The molecule has 5 nitrogen and oxygen atoms in total. The van der Waals surface area contributed by atoms with Gasteiger partial charge in [0, 0.05) is 17.7 Å². The van der Waals surface area contributed by atoms with Gasteiger partial charge in [0.25, 0.3) is 5.91 Å². The Labute approximate surface area is 119 Å². The minimum absolute atomic E-state index is 0.195. The zero-order valence-electron chi connectivity index (χ0n) is 12.7. The van der Waals surface area contributed by atoms with Crippen LogP contribution in [0.5, 0.6) is 11.5 Å². The number of methoxy groups -OCH3 is 2. The Morgan fingerprint density at radius 2 is 1.80 bits per heavy atom. The highest BCUT2D eigenvalue weighted by molar-refractivity contribution is 5.95. The first kappa shape index (κ1) is 16.3. The van der Waals surface area contributed by atoms with Crippen molar-refractivity contribution >= 4 is 5.91 Å². The first-order valence-corrected chi connectivity index (χ1v) is 6.57. The summed E-state index contributed by atoms with van der Waals surface area (Å²) in [5.41, 5.74) is 0.373. The number of benzene rings is 1. The molecule has 0 aliphatic heterocycles. The van der Waals surface area contributed by atoms with Gasteiger partial charge in [-0.15, -0.1) is 0 Å². The quantitative estimate of drug-likeness (QED) is 0.835. The van der Waals surface area contributed by atoms with Crippen molar-refractivity contribution in [3.63, 3.8) is 0 Å². The molecule has 0 aromatic heterocycles. The van der Waals surface area contributed by atoms with Gasteiger partial charge >= 0.3 is 0 Å². The summed E-state index contributed by atoms with van der Waals surface area (Å²) < 4.78 is 10.5. The molecule has 2 N–H and O–H groups in total. The molecular formula is C15H23NO4. The summed E-state index contributed by atoms with van der Waals surface area (Å²) in [5, 5.41) is 12.6. The van der Waals surface area contributed by atoms with E-state index in [1.165, 1.54) is 0 Å². The molecule has 0 fully saturated rings. The molecule has 1 amide bonds. The average Bonchev–Trinajstić information content (AvgIpc) is 2.45. The van der Waals surface area contributed by atoms with Crippen LogP contribution < -0.4 is 14.8 Å². The third kappa shape index (κ3) is 3.87. The van der Waals surface area contributed by atoms with Crippen LogP contribution in [0.4, 0.5) is 0 Å². The molecule has 1 aromatic rings. The Morgan fingerprint density at radius 3 is 2.20 bits per heavy atom. The number of carbonyl (C=O) groups is 1. The Bertz CT molecular complexity index is 458. The molecule has 0 aliphatic rings. The highest BCUT2D eigenvalue weighted by atomic mass is 16.5. The number of nitrogens with one attached hydrogen (secondary N) is 1. The van der Waals surface area contributed by atoms with E-state index < -0.39 is 5.60 Å². The van der Waals surface area contributed by atoms with Crippen molar-refractivity contribution in [3.8, 4) is 11.5 Å². The fourth-order valence-electron chi connectivity index (χ4n) is 1.71. The fraction of sp³-hybridized carbons (Fsp3) is 0.533. The van der Waals surface area contributed by atoms with E-state index in [9.17, 15) is 9.90 Å². The van der Waals surface area contributed by atoms with E-state index >= 15 is 0 Å². The van der Waals surface area contributed by atoms with Crippen LogP contribution >= 0.6 is 0 Å². The molecule has 1 atom stereocenters. The minimum Gasteiger partial charge on any atom is -0.496 e. The van der Waals surface area contributed by atoms with Crippen LogP contribution in [0.25, 0.3) is 0 Å². The predicted molar refractivity (Wildman–Crippen MR) is 77.5 cm³/mol. The Balaban J connectivity index is 2.93. The van der Waals surface area contributed by atoms with E-state index in [0.29, 0.717) is 23.5 Å². The number of carbonyl (C=O) groups excluding carboxylic acids is 1. The van der Waals surface area contributed by atoms with Crippen molar-refractivity contribution in [1.82, 2.24) is 5.32 Å². The van der Waals surface area contributed by atoms with Crippen molar-refractivity contribution in [2.45, 2.75) is 32.8 Å². The summed E-state index contributed by atoms with van der Waals surface area (Å²) in [6.07, 6.45) is 0.563. The number of rotatable bonds is 6. The first-order valence-electron chi connectivity index (χ1n) is 6.57. The first-order chi connectivity index (χ1) is 9.34. The fourth-order valence-corrected chi connectivity index (χ4v) is 1.71. The van der Waals surface area contributed by atoms with Gasteiger partial charge in [0.2, 0.25) is 0 Å². The van der Waals surface area contributed by atoms with Crippen molar-refractivity contribution < 1.29 is 19.4 Å². The number of amides is 1. The van der Waals surface area contributed by atoms with Gasteiger partial charge in [-0.1, -0.05) is 6.92 Å². The molecule has 0 saturated heterocycles. The van der Waals surface area contributed by atoms with Crippen LogP contribution in [0.15, 0.2) is 12.1 Å². The SMILES string of the molecule is CCC(C)(O)CNC(=O)c1cc(OC)c(C)c(OC)c1. The number of aliphatic hydroxyl groups is 1. The maximum atomic E-state index is 12.1. The second kappa shape index (κ2) is 6.61. The van der Waals surface area contributed by atoms with E-state index in [0.717, 1.165) is 5.56 Å². The second-order valence-corrected chi connectivity index (χ2v) is 5.04. The van der Waals surface area contributed by atoms with Crippen LogP contribution in [0.3, 0.4) is 0 Å². The zero-order chi connectivity index (χ0) is 15.3. The molecule has 5 heteroatoms. The summed E-state index contributed by atoms with van der Waals surface area (Å²) in [6, 6.07) is 3.32. The van der Waals surface area contributed by atoms with Gasteiger partial charge in [0.15, 0.2) is 0 Å².